The smallest absolute Gasteiger partial charge is 0.159 e. The quantitative estimate of drug-likeness (QED) is 0.942. The number of aromatic nitrogens is 2. The van der Waals surface area contributed by atoms with Crippen molar-refractivity contribution in [3.8, 4) is 0 Å². The Morgan fingerprint density at radius 1 is 1.14 bits per heavy atom. The standard InChI is InChI=1S/C16H18ClFN4/c17-15-13-3-1-2-4-14(13)16(21-20-15)19-11-7-10(18)8-22(9-11)12-5-6-12/h1-4,10-12H,5-9H2,(H,19,21)/t10-,11-/m1/s1. The number of hydrogen-bond donors (Lipinski definition) is 1. The summed E-state index contributed by atoms with van der Waals surface area (Å²) in [6.45, 7) is 1.43. The molecule has 2 fully saturated rings. The first-order valence-corrected chi connectivity index (χ1v) is 8.14. The third kappa shape index (κ3) is 2.75. The summed E-state index contributed by atoms with van der Waals surface area (Å²) in [6.07, 6.45) is 2.13. The lowest BCUT2D eigenvalue weighted by Gasteiger charge is -2.35. The summed E-state index contributed by atoms with van der Waals surface area (Å²) in [5.74, 6) is 0.690. The first-order valence-electron chi connectivity index (χ1n) is 7.76. The van der Waals surface area contributed by atoms with Crippen molar-refractivity contribution >= 4 is 28.2 Å². The summed E-state index contributed by atoms with van der Waals surface area (Å²) in [5.41, 5.74) is 0. The second kappa shape index (κ2) is 5.63. The van der Waals surface area contributed by atoms with Gasteiger partial charge in [0.25, 0.3) is 0 Å². The monoisotopic (exact) mass is 320 g/mol. The van der Waals surface area contributed by atoms with Crippen molar-refractivity contribution in [3.63, 3.8) is 0 Å². The fraction of sp³-hybridized carbons (Fsp3) is 0.500. The molecule has 2 heterocycles. The zero-order chi connectivity index (χ0) is 15.1. The Morgan fingerprint density at radius 2 is 1.91 bits per heavy atom. The van der Waals surface area contributed by atoms with Gasteiger partial charge < -0.3 is 5.32 Å². The van der Waals surface area contributed by atoms with E-state index in [1.54, 1.807) is 0 Å². The highest BCUT2D eigenvalue weighted by atomic mass is 35.5. The van der Waals surface area contributed by atoms with Gasteiger partial charge in [-0.2, -0.15) is 0 Å². The molecule has 0 amide bonds. The number of hydrogen-bond acceptors (Lipinski definition) is 4. The van der Waals surface area contributed by atoms with Crippen LogP contribution in [0.1, 0.15) is 19.3 Å². The molecule has 0 spiro atoms. The highest BCUT2D eigenvalue weighted by Gasteiger charge is 2.36. The molecule has 1 N–H and O–H groups in total. The third-order valence-corrected chi connectivity index (χ3v) is 4.75. The van der Waals surface area contributed by atoms with Crippen LogP contribution >= 0.6 is 11.6 Å². The minimum absolute atomic E-state index is 0.0585. The first-order chi connectivity index (χ1) is 10.7. The molecule has 116 valence electrons. The second-order valence-electron chi connectivity index (χ2n) is 6.24. The summed E-state index contributed by atoms with van der Waals surface area (Å²) in [6, 6.07) is 8.40. The van der Waals surface area contributed by atoms with Crippen LogP contribution in [0.5, 0.6) is 0 Å². The van der Waals surface area contributed by atoms with E-state index in [0.717, 1.165) is 17.3 Å². The van der Waals surface area contributed by atoms with Crippen LogP contribution in [0.2, 0.25) is 5.15 Å². The van der Waals surface area contributed by atoms with Crippen molar-refractivity contribution in [2.75, 3.05) is 18.4 Å². The number of benzene rings is 1. The maximum absolute atomic E-state index is 14.0. The van der Waals surface area contributed by atoms with Gasteiger partial charge in [-0.1, -0.05) is 35.9 Å². The van der Waals surface area contributed by atoms with Crippen LogP contribution < -0.4 is 5.32 Å². The van der Waals surface area contributed by atoms with E-state index < -0.39 is 6.17 Å². The average molecular weight is 321 g/mol. The Kier molecular flexibility index (Phi) is 3.62. The minimum atomic E-state index is -0.779. The Morgan fingerprint density at radius 3 is 2.68 bits per heavy atom. The molecule has 2 atom stereocenters. The van der Waals surface area contributed by atoms with Gasteiger partial charge in [0, 0.05) is 42.4 Å². The number of piperidine rings is 1. The van der Waals surface area contributed by atoms with E-state index in [2.05, 4.69) is 20.4 Å². The SMILES string of the molecule is F[C@@H]1C[C@@H](Nc2nnc(Cl)c3ccccc23)CN(C2CC2)C1. The second-order valence-corrected chi connectivity index (χ2v) is 6.60. The zero-order valence-electron chi connectivity index (χ0n) is 12.2. The van der Waals surface area contributed by atoms with Crippen molar-refractivity contribution in [2.24, 2.45) is 0 Å². The van der Waals surface area contributed by atoms with Crippen molar-refractivity contribution in [3.05, 3.63) is 29.4 Å². The number of alkyl halides is 1. The predicted molar refractivity (Wildman–Crippen MR) is 86.1 cm³/mol. The summed E-state index contributed by atoms with van der Waals surface area (Å²) in [7, 11) is 0. The molecule has 0 radical (unpaired) electrons. The number of likely N-dealkylation sites (tertiary alicyclic amines) is 1. The first kappa shape index (κ1) is 14.2. The van der Waals surface area contributed by atoms with E-state index >= 15 is 0 Å². The van der Waals surface area contributed by atoms with Crippen LogP contribution in [0, 0.1) is 0 Å². The van der Waals surface area contributed by atoms with E-state index in [1.165, 1.54) is 12.8 Å². The minimum Gasteiger partial charge on any atom is -0.364 e. The van der Waals surface area contributed by atoms with E-state index in [1.807, 2.05) is 24.3 Å². The molecule has 4 nitrogen and oxygen atoms in total. The lowest BCUT2D eigenvalue weighted by atomic mass is 10.0. The van der Waals surface area contributed by atoms with Crippen molar-refractivity contribution in [1.29, 1.82) is 0 Å². The summed E-state index contributed by atoms with van der Waals surface area (Å²) in [4.78, 5) is 2.26. The number of nitrogens with zero attached hydrogens (tertiary/aromatic N) is 3. The molecule has 4 rings (SSSR count). The highest BCUT2D eigenvalue weighted by Crippen LogP contribution is 2.32. The molecule has 2 aromatic rings. The maximum Gasteiger partial charge on any atom is 0.159 e. The van der Waals surface area contributed by atoms with Crippen molar-refractivity contribution in [2.45, 2.75) is 37.5 Å². The molecule has 2 aliphatic rings. The zero-order valence-corrected chi connectivity index (χ0v) is 12.9. The Bertz CT molecular complexity index is 691. The van der Waals surface area contributed by atoms with Gasteiger partial charge >= 0.3 is 0 Å². The fourth-order valence-corrected chi connectivity index (χ4v) is 3.49. The average Bonchev–Trinajstić information content (AvgIpc) is 3.35. The number of anilines is 1. The predicted octanol–water partition coefficient (Wildman–Crippen LogP) is 3.27. The molecule has 6 heteroatoms. The number of rotatable bonds is 3. The van der Waals surface area contributed by atoms with Gasteiger partial charge in [0.1, 0.15) is 6.17 Å². The molecule has 1 aliphatic heterocycles. The molecular weight excluding hydrogens is 303 g/mol. The van der Waals surface area contributed by atoms with Crippen molar-refractivity contribution < 1.29 is 4.39 Å². The molecule has 1 saturated carbocycles. The van der Waals surface area contributed by atoms with Crippen LogP contribution in [-0.2, 0) is 0 Å². The molecule has 1 saturated heterocycles. The summed E-state index contributed by atoms with van der Waals surface area (Å²) < 4.78 is 14.0. The van der Waals surface area contributed by atoms with Gasteiger partial charge in [0.2, 0.25) is 0 Å². The van der Waals surface area contributed by atoms with Gasteiger partial charge in [-0.05, 0) is 12.8 Å². The summed E-state index contributed by atoms with van der Waals surface area (Å²) >= 11 is 6.10. The van der Waals surface area contributed by atoms with Gasteiger partial charge in [0.05, 0.1) is 0 Å². The highest BCUT2D eigenvalue weighted by molar-refractivity contribution is 6.34. The normalized spacial score (nSPS) is 26.3. The Labute approximate surface area is 133 Å². The number of halogens is 2. The largest absolute Gasteiger partial charge is 0.364 e. The van der Waals surface area contributed by atoms with Crippen LogP contribution in [0.15, 0.2) is 24.3 Å². The number of nitrogens with one attached hydrogen (secondary N) is 1. The van der Waals surface area contributed by atoms with Crippen LogP contribution in [0.25, 0.3) is 10.8 Å². The molecule has 22 heavy (non-hydrogen) atoms. The van der Waals surface area contributed by atoms with E-state index in [-0.39, 0.29) is 6.04 Å². The van der Waals surface area contributed by atoms with Crippen LogP contribution in [-0.4, -0.2) is 46.4 Å². The van der Waals surface area contributed by atoms with Crippen LogP contribution in [0.4, 0.5) is 10.2 Å². The lowest BCUT2D eigenvalue weighted by molar-refractivity contribution is 0.123. The third-order valence-electron chi connectivity index (χ3n) is 4.47. The summed E-state index contributed by atoms with van der Waals surface area (Å²) in [5, 5.41) is 13.8. The maximum atomic E-state index is 14.0. The van der Waals surface area contributed by atoms with E-state index in [9.17, 15) is 4.39 Å². The molecule has 1 aromatic carbocycles. The Hall–Kier alpha value is -1.46. The van der Waals surface area contributed by atoms with Crippen LogP contribution in [0.3, 0.4) is 0 Å². The molecule has 0 unspecified atom stereocenters. The topological polar surface area (TPSA) is 41.1 Å². The van der Waals surface area contributed by atoms with Gasteiger partial charge in [-0.15, -0.1) is 10.2 Å². The molecule has 1 aliphatic carbocycles. The van der Waals surface area contributed by atoms with Gasteiger partial charge in [-0.25, -0.2) is 4.39 Å². The Balaban J connectivity index is 1.59. The molecular formula is C16H18ClFN4. The van der Waals surface area contributed by atoms with Crippen molar-refractivity contribution in [1.82, 2.24) is 15.1 Å². The van der Waals surface area contributed by atoms with E-state index in [4.69, 9.17) is 11.6 Å². The molecule has 1 aromatic heterocycles. The van der Waals surface area contributed by atoms with Gasteiger partial charge in [-0.3, -0.25) is 4.90 Å². The fourth-order valence-electron chi connectivity index (χ4n) is 3.28. The number of fused-ring (bicyclic) bond motifs is 1. The molecule has 0 bridgehead atoms. The van der Waals surface area contributed by atoms with Gasteiger partial charge in [0.15, 0.2) is 11.0 Å². The van der Waals surface area contributed by atoms with E-state index in [0.29, 0.717) is 30.0 Å². The lowest BCUT2D eigenvalue weighted by Crippen LogP contribution is -2.48.